The third-order valence-corrected chi connectivity index (χ3v) is 2.44. The van der Waals surface area contributed by atoms with E-state index < -0.39 is 11.7 Å². The molecule has 0 saturated carbocycles. The van der Waals surface area contributed by atoms with Gasteiger partial charge in [-0.2, -0.15) is 0 Å². The fourth-order valence-electron chi connectivity index (χ4n) is 1.18. The Hall–Kier alpha value is -0.960. The van der Waals surface area contributed by atoms with Gasteiger partial charge in [0.1, 0.15) is 11.5 Å². The minimum Gasteiger partial charge on any atom is -0.325 e. The van der Waals surface area contributed by atoms with E-state index in [1.54, 1.807) is 25.1 Å². The average molecular weight is 199 g/mol. The maximum atomic E-state index is 13.8. The zero-order valence-electron chi connectivity index (χ0n) is 8.43. The van der Waals surface area contributed by atoms with Crippen LogP contribution >= 0.6 is 0 Å². The molecule has 1 aromatic carbocycles. The van der Waals surface area contributed by atoms with Crippen molar-refractivity contribution in [2.45, 2.75) is 32.0 Å². The fourth-order valence-corrected chi connectivity index (χ4v) is 1.18. The summed E-state index contributed by atoms with van der Waals surface area (Å²) < 4.78 is 27.0. The Labute approximate surface area is 82.9 Å². The predicted octanol–water partition coefficient (Wildman–Crippen LogP) is 2.44. The lowest BCUT2D eigenvalue weighted by Crippen LogP contribution is -2.41. The molecule has 0 bridgehead atoms. The SMILES string of the molecule is CC(N)C(C)(F)Cc1ccccc1F. The van der Waals surface area contributed by atoms with E-state index in [1.807, 2.05) is 0 Å². The Bertz CT molecular complexity index is 308. The first-order valence-electron chi connectivity index (χ1n) is 4.61. The Morgan fingerprint density at radius 1 is 1.43 bits per heavy atom. The molecule has 0 saturated heterocycles. The molecule has 14 heavy (non-hydrogen) atoms. The molecule has 1 rings (SSSR count). The molecule has 1 aromatic rings. The summed E-state index contributed by atoms with van der Waals surface area (Å²) in [6.45, 7) is 2.98. The standard InChI is InChI=1S/C11H15F2N/c1-8(14)11(2,13)7-9-5-3-4-6-10(9)12/h3-6,8H,7,14H2,1-2H3. The van der Waals surface area contributed by atoms with E-state index in [-0.39, 0.29) is 12.2 Å². The Morgan fingerprint density at radius 3 is 2.50 bits per heavy atom. The lowest BCUT2D eigenvalue weighted by molar-refractivity contribution is 0.155. The van der Waals surface area contributed by atoms with E-state index in [0.717, 1.165) is 0 Å². The lowest BCUT2D eigenvalue weighted by Gasteiger charge is -2.24. The summed E-state index contributed by atoms with van der Waals surface area (Å²) in [6.07, 6.45) is 0.0112. The van der Waals surface area contributed by atoms with Crippen LogP contribution in [0.25, 0.3) is 0 Å². The van der Waals surface area contributed by atoms with Gasteiger partial charge in [-0.05, 0) is 25.5 Å². The van der Waals surface area contributed by atoms with Gasteiger partial charge in [-0.15, -0.1) is 0 Å². The van der Waals surface area contributed by atoms with Gasteiger partial charge in [0.25, 0.3) is 0 Å². The van der Waals surface area contributed by atoms with Crippen LogP contribution in [-0.2, 0) is 6.42 Å². The van der Waals surface area contributed by atoms with Crippen molar-refractivity contribution in [2.75, 3.05) is 0 Å². The molecular weight excluding hydrogens is 184 g/mol. The number of alkyl halides is 1. The maximum Gasteiger partial charge on any atom is 0.127 e. The summed E-state index contributed by atoms with van der Waals surface area (Å²) in [6, 6.07) is 5.57. The second kappa shape index (κ2) is 4.05. The summed E-state index contributed by atoms with van der Waals surface area (Å²) in [5.41, 5.74) is 4.27. The molecule has 2 atom stereocenters. The van der Waals surface area contributed by atoms with Crippen LogP contribution in [-0.4, -0.2) is 11.7 Å². The van der Waals surface area contributed by atoms with Gasteiger partial charge in [-0.1, -0.05) is 18.2 Å². The largest absolute Gasteiger partial charge is 0.325 e. The minimum absolute atomic E-state index is 0.0112. The first-order valence-corrected chi connectivity index (χ1v) is 4.61. The van der Waals surface area contributed by atoms with Crippen LogP contribution in [0.3, 0.4) is 0 Å². The van der Waals surface area contributed by atoms with Crippen LogP contribution in [0.4, 0.5) is 8.78 Å². The zero-order chi connectivity index (χ0) is 10.8. The van der Waals surface area contributed by atoms with Crippen molar-refractivity contribution < 1.29 is 8.78 Å². The second-order valence-electron chi connectivity index (χ2n) is 3.83. The normalized spacial score (nSPS) is 17.5. The molecular formula is C11H15F2N. The topological polar surface area (TPSA) is 26.0 Å². The van der Waals surface area contributed by atoms with Gasteiger partial charge in [0.15, 0.2) is 0 Å². The molecule has 0 aliphatic heterocycles. The van der Waals surface area contributed by atoms with Crippen LogP contribution in [0.5, 0.6) is 0 Å². The van der Waals surface area contributed by atoms with E-state index in [9.17, 15) is 8.78 Å². The molecule has 1 nitrogen and oxygen atoms in total. The van der Waals surface area contributed by atoms with Gasteiger partial charge in [-0.25, -0.2) is 8.78 Å². The molecule has 0 aliphatic carbocycles. The molecule has 0 aliphatic rings. The van der Waals surface area contributed by atoms with Gasteiger partial charge in [0.05, 0.1) is 0 Å². The highest BCUT2D eigenvalue weighted by molar-refractivity contribution is 5.19. The minimum atomic E-state index is -1.57. The van der Waals surface area contributed by atoms with Gasteiger partial charge in [0.2, 0.25) is 0 Å². The maximum absolute atomic E-state index is 13.8. The lowest BCUT2D eigenvalue weighted by atomic mass is 9.92. The first-order chi connectivity index (χ1) is 6.43. The van der Waals surface area contributed by atoms with Crippen molar-refractivity contribution in [3.63, 3.8) is 0 Å². The Kier molecular flexibility index (Phi) is 3.21. The van der Waals surface area contributed by atoms with Crippen molar-refractivity contribution in [3.05, 3.63) is 35.6 Å². The number of nitrogens with two attached hydrogens (primary N) is 1. The molecule has 0 heterocycles. The van der Waals surface area contributed by atoms with Crippen LogP contribution in [0.2, 0.25) is 0 Å². The van der Waals surface area contributed by atoms with E-state index in [4.69, 9.17) is 5.73 Å². The summed E-state index contributed by atoms with van der Waals surface area (Å²) in [5.74, 6) is -0.378. The van der Waals surface area contributed by atoms with E-state index in [2.05, 4.69) is 0 Å². The summed E-state index contributed by atoms with van der Waals surface area (Å²) in [7, 11) is 0. The summed E-state index contributed by atoms with van der Waals surface area (Å²) >= 11 is 0. The van der Waals surface area contributed by atoms with Crippen molar-refractivity contribution in [1.82, 2.24) is 0 Å². The van der Waals surface area contributed by atoms with Crippen molar-refractivity contribution >= 4 is 0 Å². The number of halogens is 2. The number of hydrogen-bond donors (Lipinski definition) is 1. The third-order valence-electron chi connectivity index (χ3n) is 2.44. The van der Waals surface area contributed by atoms with Gasteiger partial charge in [0, 0.05) is 12.5 Å². The highest BCUT2D eigenvalue weighted by Gasteiger charge is 2.29. The molecule has 2 N–H and O–H groups in total. The molecule has 0 spiro atoms. The highest BCUT2D eigenvalue weighted by Crippen LogP contribution is 2.22. The highest BCUT2D eigenvalue weighted by atomic mass is 19.1. The van der Waals surface area contributed by atoms with Crippen LogP contribution in [0.1, 0.15) is 19.4 Å². The molecule has 0 amide bonds. The second-order valence-corrected chi connectivity index (χ2v) is 3.83. The Balaban J connectivity index is 2.84. The predicted molar refractivity (Wildman–Crippen MR) is 53.3 cm³/mol. The average Bonchev–Trinajstić information content (AvgIpc) is 2.08. The molecule has 0 fully saturated rings. The fraction of sp³-hybridized carbons (Fsp3) is 0.455. The number of hydrogen-bond acceptors (Lipinski definition) is 1. The van der Waals surface area contributed by atoms with Gasteiger partial charge in [-0.3, -0.25) is 0 Å². The van der Waals surface area contributed by atoms with Crippen molar-refractivity contribution in [1.29, 1.82) is 0 Å². The quantitative estimate of drug-likeness (QED) is 0.795. The van der Waals surface area contributed by atoms with Crippen molar-refractivity contribution in [2.24, 2.45) is 5.73 Å². The van der Waals surface area contributed by atoms with Crippen LogP contribution in [0.15, 0.2) is 24.3 Å². The van der Waals surface area contributed by atoms with Gasteiger partial charge < -0.3 is 5.73 Å². The zero-order valence-corrected chi connectivity index (χ0v) is 8.43. The van der Waals surface area contributed by atoms with Crippen molar-refractivity contribution in [3.8, 4) is 0 Å². The van der Waals surface area contributed by atoms with Gasteiger partial charge >= 0.3 is 0 Å². The molecule has 2 unspecified atom stereocenters. The third kappa shape index (κ3) is 2.51. The number of rotatable bonds is 3. The first kappa shape index (κ1) is 11.1. The van der Waals surface area contributed by atoms with Crippen LogP contribution < -0.4 is 5.73 Å². The summed E-state index contributed by atoms with van der Waals surface area (Å²) in [4.78, 5) is 0. The smallest absolute Gasteiger partial charge is 0.127 e. The van der Waals surface area contributed by atoms with E-state index in [0.29, 0.717) is 5.56 Å². The summed E-state index contributed by atoms with van der Waals surface area (Å²) in [5, 5.41) is 0. The van der Waals surface area contributed by atoms with Crippen LogP contribution in [0, 0.1) is 5.82 Å². The van der Waals surface area contributed by atoms with E-state index >= 15 is 0 Å². The molecule has 0 radical (unpaired) electrons. The Morgan fingerprint density at radius 2 is 2.00 bits per heavy atom. The molecule has 0 aromatic heterocycles. The van der Waals surface area contributed by atoms with E-state index in [1.165, 1.54) is 13.0 Å². The molecule has 3 heteroatoms. The molecule has 78 valence electrons. The monoisotopic (exact) mass is 199 g/mol. The number of benzene rings is 1.